The van der Waals surface area contributed by atoms with Gasteiger partial charge in [-0.15, -0.1) is 0 Å². The van der Waals surface area contributed by atoms with Crippen LogP contribution < -0.4 is 0 Å². The smallest absolute Gasteiger partial charge is 0.288 e. The Bertz CT molecular complexity index is 894. The second kappa shape index (κ2) is 11.8. The van der Waals surface area contributed by atoms with E-state index in [1.54, 1.807) is 11.3 Å². The van der Waals surface area contributed by atoms with Gasteiger partial charge in [-0.2, -0.15) is 11.3 Å². The van der Waals surface area contributed by atoms with Crippen molar-refractivity contribution in [2.45, 2.75) is 38.5 Å². The number of benzene rings is 1. The van der Waals surface area contributed by atoms with Crippen molar-refractivity contribution in [2.24, 2.45) is 5.92 Å². The predicted octanol–water partition coefficient (Wildman–Crippen LogP) is 3.84. The van der Waals surface area contributed by atoms with Gasteiger partial charge in [0.05, 0.1) is 0 Å². The summed E-state index contributed by atoms with van der Waals surface area (Å²) in [7, 11) is 0. The molecule has 1 fully saturated rings. The summed E-state index contributed by atoms with van der Waals surface area (Å²) in [6.45, 7) is 6.54. The molecule has 2 aromatic rings. The molecule has 1 aromatic carbocycles. The molecular weight excluding hydrogens is 436 g/mol. The summed E-state index contributed by atoms with van der Waals surface area (Å²) in [6.07, 6.45) is 2.95. The molecule has 178 valence electrons. The number of aliphatic hydroxyl groups is 1. The maximum Gasteiger partial charge on any atom is 0.288 e. The molecule has 0 saturated carbocycles. The molecule has 1 aromatic heterocycles. The van der Waals surface area contributed by atoms with Crippen molar-refractivity contribution in [2.75, 3.05) is 39.4 Å². The number of piperazine rings is 1. The third kappa shape index (κ3) is 6.03. The zero-order valence-electron chi connectivity index (χ0n) is 19.3. The first-order valence-electron chi connectivity index (χ1n) is 11.9. The number of rotatable bonds is 9. The minimum Gasteiger partial charge on any atom is -0.459 e. The van der Waals surface area contributed by atoms with Gasteiger partial charge in [0.25, 0.3) is 5.91 Å². The molecule has 0 spiro atoms. The predicted molar refractivity (Wildman–Crippen MR) is 130 cm³/mol. The second-order valence-electron chi connectivity index (χ2n) is 8.64. The summed E-state index contributed by atoms with van der Waals surface area (Å²) in [6, 6.07) is 12.6. The second-order valence-corrected chi connectivity index (χ2v) is 9.42. The van der Waals surface area contributed by atoms with Gasteiger partial charge in [0.15, 0.2) is 5.76 Å². The third-order valence-corrected chi connectivity index (χ3v) is 7.16. The van der Waals surface area contributed by atoms with Crippen molar-refractivity contribution in [1.82, 2.24) is 9.80 Å². The molecule has 33 heavy (non-hydrogen) atoms. The molecule has 7 heteroatoms. The Balaban J connectivity index is 1.45. The van der Waals surface area contributed by atoms with Crippen LogP contribution in [0, 0.1) is 5.92 Å². The Morgan fingerprint density at radius 2 is 1.97 bits per heavy atom. The standard InChI is InChI=1S/C26H34N2O4S/c1-2-31-26-22(9-6-15-29)23(21-10-16-33-19-21)17-24(32-26)25(30)28-13-11-27(12-14-28)18-20-7-4-3-5-8-20/h3-5,7-8,10,16-17,19,22-23,26,29H,2,6,9,11-15,18H2,1H3/t22-,23+,26+/m1/s1. The van der Waals surface area contributed by atoms with E-state index in [1.165, 1.54) is 11.1 Å². The molecule has 1 saturated heterocycles. The topological polar surface area (TPSA) is 62.2 Å². The van der Waals surface area contributed by atoms with Crippen LogP contribution in [0.1, 0.15) is 36.8 Å². The lowest BCUT2D eigenvalue weighted by molar-refractivity contribution is -0.171. The Kier molecular flexibility index (Phi) is 8.56. The molecule has 1 amide bonds. The number of nitrogens with zero attached hydrogens (tertiary/aromatic N) is 2. The summed E-state index contributed by atoms with van der Waals surface area (Å²) in [4.78, 5) is 17.7. The van der Waals surface area contributed by atoms with Crippen LogP contribution in [0.2, 0.25) is 0 Å². The monoisotopic (exact) mass is 470 g/mol. The molecule has 0 aliphatic carbocycles. The van der Waals surface area contributed by atoms with E-state index >= 15 is 0 Å². The van der Waals surface area contributed by atoms with Gasteiger partial charge in [-0.25, -0.2) is 0 Å². The first kappa shape index (κ1) is 24.0. The summed E-state index contributed by atoms with van der Waals surface area (Å²) in [5.41, 5.74) is 2.47. The lowest BCUT2D eigenvalue weighted by Crippen LogP contribution is -2.49. The van der Waals surface area contributed by atoms with Crippen molar-refractivity contribution < 1.29 is 19.4 Å². The molecular formula is C26H34N2O4S. The molecule has 0 bridgehead atoms. The molecule has 4 rings (SSSR count). The SMILES string of the molecule is CCO[C@H]1OC(C(=O)N2CCN(Cc3ccccc3)CC2)=C[C@@H](c2ccsc2)[C@H]1CCCO. The van der Waals surface area contributed by atoms with Gasteiger partial charge in [-0.05, 0) is 53.8 Å². The fourth-order valence-electron chi connectivity index (χ4n) is 4.71. The molecule has 1 N–H and O–H groups in total. The highest BCUT2D eigenvalue weighted by atomic mass is 32.1. The minimum absolute atomic E-state index is 0.0337. The fraction of sp³-hybridized carbons (Fsp3) is 0.500. The van der Waals surface area contributed by atoms with Gasteiger partial charge in [0.1, 0.15) is 0 Å². The van der Waals surface area contributed by atoms with Crippen LogP contribution in [0.15, 0.2) is 59.0 Å². The Morgan fingerprint density at radius 1 is 1.18 bits per heavy atom. The summed E-state index contributed by atoms with van der Waals surface area (Å²) >= 11 is 1.65. The summed E-state index contributed by atoms with van der Waals surface area (Å²) in [5, 5.41) is 13.6. The molecule has 0 unspecified atom stereocenters. The highest BCUT2D eigenvalue weighted by Gasteiger charge is 2.39. The molecule has 3 heterocycles. The van der Waals surface area contributed by atoms with Crippen molar-refractivity contribution in [3.63, 3.8) is 0 Å². The Labute approximate surface area is 200 Å². The number of carbonyl (C=O) groups is 1. The zero-order chi connectivity index (χ0) is 23.0. The average molecular weight is 471 g/mol. The van der Waals surface area contributed by atoms with Crippen LogP contribution in [0.4, 0.5) is 0 Å². The fourth-order valence-corrected chi connectivity index (χ4v) is 5.42. The average Bonchev–Trinajstić information content (AvgIpc) is 3.39. The molecule has 3 atom stereocenters. The van der Waals surface area contributed by atoms with Crippen LogP contribution in [0.25, 0.3) is 0 Å². The van der Waals surface area contributed by atoms with Crippen molar-refractivity contribution in [1.29, 1.82) is 0 Å². The van der Waals surface area contributed by atoms with E-state index in [0.29, 0.717) is 31.9 Å². The minimum atomic E-state index is -0.491. The normalized spacial score (nSPS) is 23.8. The van der Waals surface area contributed by atoms with E-state index in [2.05, 4.69) is 46.0 Å². The first-order chi connectivity index (χ1) is 16.2. The van der Waals surface area contributed by atoms with Crippen molar-refractivity contribution in [3.8, 4) is 0 Å². The number of ether oxygens (including phenoxy) is 2. The van der Waals surface area contributed by atoms with Gasteiger partial charge in [-0.3, -0.25) is 9.69 Å². The maximum absolute atomic E-state index is 13.4. The van der Waals surface area contributed by atoms with Gasteiger partial charge >= 0.3 is 0 Å². The highest BCUT2D eigenvalue weighted by Crippen LogP contribution is 2.40. The number of carbonyl (C=O) groups excluding carboxylic acids is 1. The van der Waals surface area contributed by atoms with E-state index in [-0.39, 0.29) is 24.3 Å². The van der Waals surface area contributed by atoms with Crippen molar-refractivity contribution in [3.05, 3.63) is 70.1 Å². The maximum atomic E-state index is 13.4. The number of amides is 1. The largest absolute Gasteiger partial charge is 0.459 e. The Hall–Kier alpha value is -2.19. The van der Waals surface area contributed by atoms with Crippen molar-refractivity contribution >= 4 is 17.2 Å². The lowest BCUT2D eigenvalue weighted by atomic mass is 9.81. The first-order valence-corrected chi connectivity index (χ1v) is 12.8. The highest BCUT2D eigenvalue weighted by molar-refractivity contribution is 7.08. The van der Waals surface area contributed by atoms with E-state index in [9.17, 15) is 9.90 Å². The van der Waals surface area contributed by atoms with Crippen LogP contribution in [-0.4, -0.2) is 66.5 Å². The Morgan fingerprint density at radius 3 is 2.64 bits per heavy atom. The number of hydrogen-bond acceptors (Lipinski definition) is 6. The van der Waals surface area contributed by atoms with Crippen LogP contribution in [0.5, 0.6) is 0 Å². The van der Waals surface area contributed by atoms with Gasteiger partial charge in [0, 0.05) is 57.8 Å². The molecule has 2 aliphatic heterocycles. The number of thiophene rings is 1. The summed E-state index contributed by atoms with van der Waals surface area (Å²) < 4.78 is 12.1. The van der Waals surface area contributed by atoms with E-state index in [0.717, 1.165) is 26.1 Å². The zero-order valence-corrected chi connectivity index (χ0v) is 20.1. The molecule has 0 radical (unpaired) electrons. The number of hydrogen-bond donors (Lipinski definition) is 1. The van der Waals surface area contributed by atoms with Crippen LogP contribution in [0.3, 0.4) is 0 Å². The number of allylic oxidation sites excluding steroid dienone is 1. The van der Waals surface area contributed by atoms with Gasteiger partial charge in [0.2, 0.25) is 6.29 Å². The molecule has 2 aliphatic rings. The number of aliphatic hydroxyl groups excluding tert-OH is 1. The third-order valence-electron chi connectivity index (χ3n) is 6.46. The van der Waals surface area contributed by atoms with Gasteiger partial charge < -0.3 is 19.5 Å². The van der Waals surface area contributed by atoms with E-state index in [1.807, 2.05) is 24.0 Å². The van der Waals surface area contributed by atoms with Crippen LogP contribution in [-0.2, 0) is 20.8 Å². The lowest BCUT2D eigenvalue weighted by Gasteiger charge is -2.39. The van der Waals surface area contributed by atoms with Crippen LogP contribution >= 0.6 is 11.3 Å². The van der Waals surface area contributed by atoms with Gasteiger partial charge in [-0.1, -0.05) is 30.3 Å². The quantitative estimate of drug-likeness (QED) is 0.603. The summed E-state index contributed by atoms with van der Waals surface area (Å²) in [5.74, 6) is 0.429. The molecule has 6 nitrogen and oxygen atoms in total. The van der Waals surface area contributed by atoms with E-state index < -0.39 is 6.29 Å². The van der Waals surface area contributed by atoms with E-state index in [4.69, 9.17) is 9.47 Å².